The average Bonchev–Trinajstić information content (AvgIpc) is 2.98. The third-order valence-electron chi connectivity index (χ3n) is 4.97. The van der Waals surface area contributed by atoms with Crippen LogP contribution in [0.4, 0.5) is 5.69 Å². The molecular weight excluding hydrogens is 338 g/mol. The molecule has 0 saturated carbocycles. The summed E-state index contributed by atoms with van der Waals surface area (Å²) in [6.07, 6.45) is 0. The van der Waals surface area contributed by atoms with Gasteiger partial charge in [-0.25, -0.2) is 0 Å². The van der Waals surface area contributed by atoms with Gasteiger partial charge in [0.15, 0.2) is 0 Å². The molecule has 3 aromatic carbocycles. The van der Waals surface area contributed by atoms with Crippen molar-refractivity contribution >= 4 is 28.3 Å². The number of primary amides is 1. The average molecular weight is 357 g/mol. The lowest BCUT2D eigenvalue weighted by Gasteiger charge is -2.15. The molecular formula is C22H19N3O2. The van der Waals surface area contributed by atoms with Gasteiger partial charge in [-0.1, -0.05) is 36.9 Å². The number of carbonyl (C=O) groups is 2. The van der Waals surface area contributed by atoms with Crippen LogP contribution in [-0.2, 0) is 11.3 Å². The summed E-state index contributed by atoms with van der Waals surface area (Å²) in [5.41, 5.74) is 15.7. The first kappa shape index (κ1) is 16.8. The fourth-order valence-corrected chi connectivity index (χ4v) is 3.48. The third-order valence-corrected chi connectivity index (χ3v) is 4.97. The second-order valence-electron chi connectivity index (χ2n) is 6.78. The molecule has 5 heteroatoms. The van der Waals surface area contributed by atoms with Gasteiger partial charge in [-0.15, -0.1) is 0 Å². The van der Waals surface area contributed by atoms with Crippen LogP contribution in [0.2, 0.25) is 0 Å². The summed E-state index contributed by atoms with van der Waals surface area (Å²) in [6.45, 7) is 4.23. The van der Waals surface area contributed by atoms with Crippen LogP contribution in [0.1, 0.15) is 15.9 Å². The Bertz CT molecular complexity index is 1100. The summed E-state index contributed by atoms with van der Waals surface area (Å²) in [4.78, 5) is 25.6. The van der Waals surface area contributed by atoms with Crippen LogP contribution < -0.4 is 11.5 Å². The number of nitrogens with two attached hydrogens (primary N) is 2. The molecule has 0 radical (unpaired) electrons. The Kier molecular flexibility index (Phi) is 3.92. The van der Waals surface area contributed by atoms with Gasteiger partial charge >= 0.3 is 0 Å². The second-order valence-corrected chi connectivity index (χ2v) is 6.78. The largest absolute Gasteiger partial charge is 0.399 e. The molecule has 0 spiro atoms. The van der Waals surface area contributed by atoms with Crippen molar-refractivity contribution in [1.29, 1.82) is 0 Å². The molecule has 5 nitrogen and oxygen atoms in total. The Balaban J connectivity index is 1.76. The molecule has 3 aromatic rings. The first-order chi connectivity index (χ1) is 12.9. The maximum atomic E-state index is 12.7. The molecule has 134 valence electrons. The van der Waals surface area contributed by atoms with Crippen molar-refractivity contribution in [3.63, 3.8) is 0 Å². The van der Waals surface area contributed by atoms with E-state index < -0.39 is 5.91 Å². The van der Waals surface area contributed by atoms with E-state index in [0.717, 1.165) is 33.2 Å². The SMILES string of the molecule is C=C(CN1Cc2c(ccc3ccc(-c4ccc(N)cc4)cc23)C1=O)C(N)=O. The molecule has 1 heterocycles. The van der Waals surface area contributed by atoms with Gasteiger partial charge in [-0.2, -0.15) is 0 Å². The molecule has 4 rings (SSSR count). The van der Waals surface area contributed by atoms with Gasteiger partial charge in [0.1, 0.15) is 0 Å². The maximum Gasteiger partial charge on any atom is 0.254 e. The number of rotatable bonds is 4. The molecule has 4 N–H and O–H groups in total. The fourth-order valence-electron chi connectivity index (χ4n) is 3.48. The summed E-state index contributed by atoms with van der Waals surface area (Å²) in [5.74, 6) is -0.693. The van der Waals surface area contributed by atoms with Crippen LogP contribution >= 0.6 is 0 Å². The van der Waals surface area contributed by atoms with Gasteiger partial charge in [-0.3, -0.25) is 9.59 Å². The zero-order chi connectivity index (χ0) is 19.1. The van der Waals surface area contributed by atoms with Gasteiger partial charge in [0.2, 0.25) is 5.91 Å². The van der Waals surface area contributed by atoms with E-state index in [1.165, 1.54) is 0 Å². The van der Waals surface area contributed by atoms with Crippen molar-refractivity contribution in [1.82, 2.24) is 4.90 Å². The molecule has 0 aromatic heterocycles. The zero-order valence-electron chi connectivity index (χ0n) is 14.7. The van der Waals surface area contributed by atoms with Crippen molar-refractivity contribution in [2.75, 3.05) is 12.3 Å². The minimum Gasteiger partial charge on any atom is -0.399 e. The van der Waals surface area contributed by atoms with Gasteiger partial charge in [0, 0.05) is 23.4 Å². The second kappa shape index (κ2) is 6.29. The van der Waals surface area contributed by atoms with Gasteiger partial charge in [0.25, 0.3) is 5.91 Å². The molecule has 1 aliphatic heterocycles. The Morgan fingerprint density at radius 1 is 1.04 bits per heavy atom. The number of hydrogen-bond acceptors (Lipinski definition) is 3. The number of amides is 2. The molecule has 0 fully saturated rings. The van der Waals surface area contributed by atoms with Crippen LogP contribution in [0.25, 0.3) is 21.9 Å². The van der Waals surface area contributed by atoms with Crippen LogP contribution in [0.3, 0.4) is 0 Å². The van der Waals surface area contributed by atoms with E-state index in [0.29, 0.717) is 12.1 Å². The summed E-state index contributed by atoms with van der Waals surface area (Å²) >= 11 is 0. The highest BCUT2D eigenvalue weighted by Crippen LogP contribution is 2.33. The Morgan fingerprint density at radius 3 is 2.41 bits per heavy atom. The Morgan fingerprint density at radius 2 is 1.70 bits per heavy atom. The van der Waals surface area contributed by atoms with E-state index in [4.69, 9.17) is 11.5 Å². The van der Waals surface area contributed by atoms with Crippen LogP contribution in [0.5, 0.6) is 0 Å². The minimum absolute atomic E-state index is 0.104. The predicted octanol–water partition coefficient (Wildman–Crippen LogP) is 3.09. The Labute approximate surface area is 156 Å². The fraction of sp³-hybridized carbons (Fsp3) is 0.0909. The number of fused-ring (bicyclic) bond motifs is 3. The maximum absolute atomic E-state index is 12.7. The third kappa shape index (κ3) is 2.93. The van der Waals surface area contributed by atoms with E-state index in [2.05, 4.69) is 24.8 Å². The highest BCUT2D eigenvalue weighted by Gasteiger charge is 2.29. The number of carbonyl (C=O) groups excluding carboxylic acids is 2. The normalized spacial score (nSPS) is 13.0. The van der Waals surface area contributed by atoms with Crippen molar-refractivity contribution in [3.05, 3.63) is 77.9 Å². The monoisotopic (exact) mass is 357 g/mol. The van der Waals surface area contributed by atoms with Crippen molar-refractivity contribution < 1.29 is 9.59 Å². The topological polar surface area (TPSA) is 89.4 Å². The standard InChI is InChI=1S/C22H19N3O2/c1-13(21(24)26)11-25-12-20-18(22(25)27)9-6-15-2-3-16(10-19(15)20)14-4-7-17(23)8-5-14/h2-10H,1,11-12,23H2,(H2,24,26). The minimum atomic E-state index is -0.589. The smallest absolute Gasteiger partial charge is 0.254 e. The quantitative estimate of drug-likeness (QED) is 0.555. The number of nitrogens with zero attached hydrogens (tertiary/aromatic N) is 1. The van der Waals surface area contributed by atoms with E-state index in [-0.39, 0.29) is 18.0 Å². The first-order valence-corrected chi connectivity index (χ1v) is 8.62. The molecule has 2 amide bonds. The molecule has 0 unspecified atom stereocenters. The van der Waals surface area contributed by atoms with Crippen LogP contribution in [0, 0.1) is 0 Å². The van der Waals surface area contributed by atoms with E-state index in [1.54, 1.807) is 4.90 Å². The van der Waals surface area contributed by atoms with E-state index >= 15 is 0 Å². The number of nitrogen functional groups attached to an aromatic ring is 1. The molecule has 1 aliphatic rings. The van der Waals surface area contributed by atoms with Crippen LogP contribution in [0.15, 0.2) is 66.7 Å². The van der Waals surface area contributed by atoms with Gasteiger partial charge in [0.05, 0.1) is 6.54 Å². The Hall–Kier alpha value is -3.60. The summed E-state index contributed by atoms with van der Waals surface area (Å²) in [6, 6.07) is 17.7. The first-order valence-electron chi connectivity index (χ1n) is 8.62. The summed E-state index contributed by atoms with van der Waals surface area (Å²) in [5, 5.41) is 2.10. The van der Waals surface area contributed by atoms with Crippen molar-refractivity contribution in [2.45, 2.75) is 6.54 Å². The molecule has 0 bridgehead atoms. The zero-order valence-corrected chi connectivity index (χ0v) is 14.7. The highest BCUT2D eigenvalue weighted by atomic mass is 16.2. The van der Waals surface area contributed by atoms with Crippen molar-refractivity contribution in [3.8, 4) is 11.1 Å². The molecule has 0 aliphatic carbocycles. The lowest BCUT2D eigenvalue weighted by Crippen LogP contribution is -2.30. The van der Waals surface area contributed by atoms with E-state index in [1.807, 2.05) is 36.4 Å². The van der Waals surface area contributed by atoms with Crippen molar-refractivity contribution in [2.24, 2.45) is 5.73 Å². The molecule has 0 saturated heterocycles. The highest BCUT2D eigenvalue weighted by molar-refractivity contribution is 6.05. The number of hydrogen-bond donors (Lipinski definition) is 2. The van der Waals surface area contributed by atoms with E-state index in [9.17, 15) is 9.59 Å². The van der Waals surface area contributed by atoms with Crippen LogP contribution in [-0.4, -0.2) is 23.3 Å². The number of benzene rings is 3. The van der Waals surface area contributed by atoms with Gasteiger partial charge < -0.3 is 16.4 Å². The lowest BCUT2D eigenvalue weighted by atomic mass is 9.96. The predicted molar refractivity (Wildman–Crippen MR) is 107 cm³/mol. The lowest BCUT2D eigenvalue weighted by molar-refractivity contribution is -0.114. The summed E-state index contributed by atoms with van der Waals surface area (Å²) < 4.78 is 0. The summed E-state index contributed by atoms with van der Waals surface area (Å²) in [7, 11) is 0. The molecule has 0 atom stereocenters. The van der Waals surface area contributed by atoms with Gasteiger partial charge in [-0.05, 0) is 51.7 Å². The molecule has 27 heavy (non-hydrogen) atoms. The number of anilines is 1.